The Kier molecular flexibility index (Phi) is 9.51. The fraction of sp³-hybridized carbons (Fsp3) is 0.286. The number of hydrogen-bond donors (Lipinski definition) is 2. The first-order valence-electron chi connectivity index (χ1n) is 18.6. The lowest BCUT2D eigenvalue weighted by Gasteiger charge is -2.28. The van der Waals surface area contributed by atoms with E-state index < -0.39 is 11.9 Å². The van der Waals surface area contributed by atoms with Crippen LogP contribution in [0.3, 0.4) is 0 Å². The van der Waals surface area contributed by atoms with Gasteiger partial charge in [-0.1, -0.05) is 37.0 Å². The number of fused-ring (bicyclic) bond motifs is 3. The number of carbonyl (C=O) groups excluding carboxylic acids is 4. The summed E-state index contributed by atoms with van der Waals surface area (Å²) in [6.07, 6.45) is 5.06. The molecule has 14 nitrogen and oxygen atoms in total. The van der Waals surface area contributed by atoms with E-state index in [4.69, 9.17) is 9.97 Å². The predicted octanol–water partition coefficient (Wildman–Crippen LogP) is 3.89. The minimum atomic E-state index is -0.780. The first-order valence-corrected chi connectivity index (χ1v) is 18.6. The highest BCUT2D eigenvalue weighted by molar-refractivity contribution is 6.00. The maximum Gasteiger partial charge on any atom is 0.329 e. The molecule has 4 aromatic heterocycles. The number of hydrogen-bond acceptors (Lipinski definition) is 8. The number of piperidine rings is 1. The van der Waals surface area contributed by atoms with Crippen molar-refractivity contribution in [2.24, 2.45) is 7.05 Å². The van der Waals surface area contributed by atoms with Crippen LogP contribution in [-0.2, 0) is 40.9 Å². The van der Waals surface area contributed by atoms with Gasteiger partial charge in [0.2, 0.25) is 17.7 Å². The summed E-state index contributed by atoms with van der Waals surface area (Å²) in [5, 5.41) is 7.12. The summed E-state index contributed by atoms with van der Waals surface area (Å²) in [6, 6.07) is 16.1. The van der Waals surface area contributed by atoms with Crippen LogP contribution >= 0.6 is 0 Å². The van der Waals surface area contributed by atoms with Gasteiger partial charge in [0.25, 0.3) is 5.91 Å². The van der Waals surface area contributed by atoms with Crippen LogP contribution in [0, 0.1) is 11.8 Å². The van der Waals surface area contributed by atoms with E-state index in [2.05, 4.69) is 38.9 Å². The quantitative estimate of drug-likeness (QED) is 0.141. The summed E-state index contributed by atoms with van der Waals surface area (Å²) >= 11 is 0. The SMILES string of the molecule is CCc1nc(-c2cccc3cc(-c4ccc(C(=O)NCCC#Cc5ccc6c(c5)n(C5CCC(=O)NC5=O)c(=O)n6C)nc4)ncc23)c2n1CCN(C(C)=O)C2. The van der Waals surface area contributed by atoms with Crippen molar-refractivity contribution in [1.82, 2.24) is 44.2 Å². The highest BCUT2D eigenvalue weighted by atomic mass is 16.2. The second-order valence-electron chi connectivity index (χ2n) is 14.0. The predicted molar refractivity (Wildman–Crippen MR) is 209 cm³/mol. The van der Waals surface area contributed by atoms with Gasteiger partial charge in [0.1, 0.15) is 17.6 Å². The molecule has 2 N–H and O–H groups in total. The van der Waals surface area contributed by atoms with E-state index in [0.717, 1.165) is 57.8 Å². The number of aryl methyl sites for hydroxylation is 2. The number of pyridine rings is 2. The number of carbonyl (C=O) groups is 4. The van der Waals surface area contributed by atoms with E-state index in [1.807, 2.05) is 41.4 Å². The van der Waals surface area contributed by atoms with Gasteiger partial charge in [-0.3, -0.25) is 43.6 Å². The molecule has 6 heterocycles. The normalized spacial score (nSPS) is 15.3. The van der Waals surface area contributed by atoms with Gasteiger partial charge in [-0.05, 0) is 48.2 Å². The molecule has 0 spiro atoms. The van der Waals surface area contributed by atoms with Gasteiger partial charge in [0, 0.05) is 87.3 Å². The standard InChI is InChI=1S/C42H39N9O5/c1-4-37-46-39(36-24-49(25(2)52)18-19-50(36)37)29-10-7-9-27-21-32(45-23-30(27)29)28-12-13-31(44-22-28)40(54)43-17-6-5-8-26-11-14-33-35(20-26)51(42(56)48(33)3)34-15-16-38(53)47-41(34)55/h7,9-14,20-23,34H,4,6,15-19,24H2,1-3H3,(H,43,54)(H,47,53,55). The highest BCUT2D eigenvalue weighted by Crippen LogP contribution is 2.34. The number of nitrogens with one attached hydrogen (secondary N) is 2. The lowest BCUT2D eigenvalue weighted by molar-refractivity contribution is -0.135. The highest BCUT2D eigenvalue weighted by Gasteiger charge is 2.31. The van der Waals surface area contributed by atoms with Gasteiger partial charge in [-0.15, -0.1) is 0 Å². The van der Waals surface area contributed by atoms with Crippen molar-refractivity contribution in [3.8, 4) is 34.4 Å². The molecule has 1 fully saturated rings. The molecule has 1 saturated heterocycles. The van der Waals surface area contributed by atoms with Crippen LogP contribution in [0.5, 0.6) is 0 Å². The Morgan fingerprint density at radius 1 is 1.00 bits per heavy atom. The summed E-state index contributed by atoms with van der Waals surface area (Å²) in [5.74, 6) is 6.03. The Labute approximate surface area is 321 Å². The number of benzene rings is 2. The van der Waals surface area contributed by atoms with Gasteiger partial charge in [-0.25, -0.2) is 9.78 Å². The third-order valence-corrected chi connectivity index (χ3v) is 10.5. The third kappa shape index (κ3) is 6.61. The van der Waals surface area contributed by atoms with Crippen LogP contribution in [0.1, 0.15) is 66.7 Å². The zero-order valence-electron chi connectivity index (χ0n) is 31.3. The maximum atomic E-state index is 13.0. The monoisotopic (exact) mass is 749 g/mol. The molecule has 4 amide bonds. The molecule has 0 radical (unpaired) electrons. The van der Waals surface area contributed by atoms with Crippen LogP contribution in [-0.4, -0.2) is 70.3 Å². The van der Waals surface area contributed by atoms with E-state index in [9.17, 15) is 24.0 Å². The number of aromatic nitrogens is 6. The van der Waals surface area contributed by atoms with Gasteiger partial charge in [-0.2, -0.15) is 0 Å². The van der Waals surface area contributed by atoms with Crippen molar-refractivity contribution in [3.05, 3.63) is 100 Å². The molecule has 2 aliphatic rings. The fourth-order valence-electron chi connectivity index (χ4n) is 7.58. The molecule has 2 aliphatic heterocycles. The van der Waals surface area contributed by atoms with Crippen molar-refractivity contribution in [2.75, 3.05) is 13.1 Å². The first kappa shape index (κ1) is 36.1. The third-order valence-electron chi connectivity index (χ3n) is 10.5. The van der Waals surface area contributed by atoms with Crippen LogP contribution in [0.15, 0.2) is 71.8 Å². The summed E-state index contributed by atoms with van der Waals surface area (Å²) < 4.78 is 5.14. The molecular weight excluding hydrogens is 711 g/mol. The number of rotatable bonds is 7. The van der Waals surface area contributed by atoms with Crippen molar-refractivity contribution >= 4 is 45.4 Å². The summed E-state index contributed by atoms with van der Waals surface area (Å²) in [5.41, 5.74) is 6.16. The molecule has 6 aromatic rings. The average molecular weight is 750 g/mol. The van der Waals surface area contributed by atoms with E-state index in [1.54, 1.807) is 44.4 Å². The molecule has 1 atom stereocenters. The van der Waals surface area contributed by atoms with Crippen LogP contribution in [0.2, 0.25) is 0 Å². The lowest BCUT2D eigenvalue weighted by Crippen LogP contribution is -2.44. The largest absolute Gasteiger partial charge is 0.350 e. The van der Waals surface area contributed by atoms with Gasteiger partial charge < -0.3 is 14.8 Å². The van der Waals surface area contributed by atoms with Crippen molar-refractivity contribution < 1.29 is 19.2 Å². The fourth-order valence-corrected chi connectivity index (χ4v) is 7.58. The zero-order chi connectivity index (χ0) is 39.1. The number of imidazole rings is 2. The Hall–Kier alpha value is -6.88. The molecule has 282 valence electrons. The average Bonchev–Trinajstić information content (AvgIpc) is 3.70. The number of amides is 4. The molecular formula is C42H39N9O5. The minimum absolute atomic E-state index is 0.0529. The number of imide groups is 1. The van der Waals surface area contributed by atoms with Gasteiger partial charge >= 0.3 is 5.69 Å². The van der Waals surface area contributed by atoms with Crippen molar-refractivity contribution in [3.63, 3.8) is 0 Å². The summed E-state index contributed by atoms with van der Waals surface area (Å²) in [7, 11) is 1.64. The minimum Gasteiger partial charge on any atom is -0.350 e. The van der Waals surface area contributed by atoms with Crippen molar-refractivity contribution in [1.29, 1.82) is 0 Å². The molecule has 14 heteroatoms. The first-order chi connectivity index (χ1) is 27.1. The summed E-state index contributed by atoms with van der Waals surface area (Å²) in [4.78, 5) is 78.5. The van der Waals surface area contributed by atoms with E-state index in [-0.39, 0.29) is 41.9 Å². The second kappa shape index (κ2) is 14.7. The smallest absolute Gasteiger partial charge is 0.329 e. The maximum absolute atomic E-state index is 13.0. The zero-order valence-corrected chi connectivity index (χ0v) is 31.3. The topological polar surface area (TPSA) is 166 Å². The second-order valence-corrected chi connectivity index (χ2v) is 14.0. The summed E-state index contributed by atoms with van der Waals surface area (Å²) in [6.45, 7) is 5.91. The number of nitrogens with zero attached hydrogens (tertiary/aromatic N) is 7. The molecule has 0 aliphatic carbocycles. The van der Waals surface area contributed by atoms with Gasteiger partial charge in [0.15, 0.2) is 0 Å². The molecule has 8 rings (SSSR count). The molecule has 2 aromatic carbocycles. The Morgan fingerprint density at radius 3 is 2.62 bits per heavy atom. The van der Waals surface area contributed by atoms with E-state index in [0.29, 0.717) is 42.7 Å². The lowest BCUT2D eigenvalue weighted by atomic mass is 10.0. The van der Waals surface area contributed by atoms with Crippen LogP contribution in [0.25, 0.3) is 44.3 Å². The van der Waals surface area contributed by atoms with Crippen LogP contribution < -0.4 is 16.3 Å². The Balaban J connectivity index is 0.927. The van der Waals surface area contributed by atoms with E-state index in [1.165, 1.54) is 9.13 Å². The van der Waals surface area contributed by atoms with Gasteiger partial charge in [0.05, 0.1) is 34.7 Å². The molecule has 1 unspecified atom stereocenters. The molecule has 0 saturated carbocycles. The molecule has 0 bridgehead atoms. The van der Waals surface area contributed by atoms with Crippen LogP contribution in [0.4, 0.5) is 0 Å². The Morgan fingerprint density at radius 2 is 1.86 bits per heavy atom. The molecule has 56 heavy (non-hydrogen) atoms. The van der Waals surface area contributed by atoms with E-state index >= 15 is 0 Å². The van der Waals surface area contributed by atoms with Crippen molar-refractivity contribution in [2.45, 2.75) is 58.7 Å². The Bertz CT molecular complexity index is 2710.